The molecule has 0 fully saturated rings. The molecule has 2 N–H and O–H groups in total. The van der Waals surface area contributed by atoms with E-state index in [0.717, 1.165) is 6.07 Å². The molecule has 1 amide bonds. The van der Waals surface area contributed by atoms with Gasteiger partial charge in [-0.2, -0.15) is 0 Å². The molecule has 162 valence electrons. The van der Waals surface area contributed by atoms with Gasteiger partial charge < -0.3 is 14.8 Å². The topological polar surface area (TPSA) is 137 Å². The Kier molecular flexibility index (Phi) is 8.71. The molecule has 0 saturated carbocycles. The highest BCUT2D eigenvalue weighted by atomic mass is 32.2. The molecule has 0 heterocycles. The van der Waals surface area contributed by atoms with E-state index in [4.69, 9.17) is 9.47 Å². The first-order chi connectivity index (χ1) is 14.3. The number of methoxy groups -OCH3 is 1. The molecule has 0 atom stereocenters. The van der Waals surface area contributed by atoms with Crippen molar-refractivity contribution in [3.63, 3.8) is 0 Å². The number of nitrogens with one attached hydrogen (secondary N) is 2. The summed E-state index contributed by atoms with van der Waals surface area (Å²) >= 11 is 0. The zero-order valence-electron chi connectivity index (χ0n) is 16.4. The average molecular weight is 437 g/mol. The molecule has 0 saturated heterocycles. The number of ether oxygens (including phenoxy) is 2. The van der Waals surface area contributed by atoms with Crippen molar-refractivity contribution >= 4 is 27.3 Å². The zero-order chi connectivity index (χ0) is 22.0. The van der Waals surface area contributed by atoms with E-state index in [-0.39, 0.29) is 21.8 Å². The van der Waals surface area contributed by atoms with Crippen molar-refractivity contribution in [3.05, 3.63) is 64.2 Å². The lowest BCUT2D eigenvalue weighted by Crippen LogP contribution is -2.27. The summed E-state index contributed by atoms with van der Waals surface area (Å²) in [5.41, 5.74) is -0.152. The third-order valence-corrected chi connectivity index (χ3v) is 5.30. The molecule has 30 heavy (non-hydrogen) atoms. The fourth-order valence-corrected chi connectivity index (χ4v) is 3.57. The molecule has 0 spiro atoms. The number of carbonyl (C=O) groups excluding carboxylic acids is 1. The molecule has 2 rings (SSSR count). The van der Waals surface area contributed by atoms with Gasteiger partial charge >= 0.3 is 0 Å². The number of sulfonamides is 1. The van der Waals surface area contributed by atoms with Gasteiger partial charge in [-0.3, -0.25) is 19.6 Å². The van der Waals surface area contributed by atoms with Crippen molar-refractivity contribution in [2.24, 2.45) is 0 Å². The van der Waals surface area contributed by atoms with Crippen LogP contribution in [0.3, 0.4) is 0 Å². The largest absolute Gasteiger partial charge is 0.382 e. The number of non-ortho nitro benzene ring substituents is 1. The molecular weight excluding hydrogens is 414 g/mol. The SMILES string of the molecule is COCCOCCCNC(=O)c1ccccc1NS(=O)(=O)c1cccc([N+](=O)[O-])c1. The minimum Gasteiger partial charge on any atom is -0.382 e. The third-order valence-electron chi connectivity index (χ3n) is 3.94. The van der Waals surface area contributed by atoms with Gasteiger partial charge in [0, 0.05) is 32.4 Å². The molecule has 0 aliphatic carbocycles. The Balaban J connectivity index is 2.05. The van der Waals surface area contributed by atoms with Gasteiger partial charge in [0.1, 0.15) is 0 Å². The quantitative estimate of drug-likeness (QED) is 0.295. The Bertz CT molecular complexity index is 980. The lowest BCUT2D eigenvalue weighted by molar-refractivity contribution is -0.385. The highest BCUT2D eigenvalue weighted by Gasteiger charge is 2.20. The molecule has 0 aromatic heterocycles. The summed E-state index contributed by atoms with van der Waals surface area (Å²) in [5.74, 6) is -0.454. The van der Waals surface area contributed by atoms with E-state index < -0.39 is 20.9 Å². The number of nitro benzene ring substituents is 1. The van der Waals surface area contributed by atoms with Crippen LogP contribution in [0.1, 0.15) is 16.8 Å². The van der Waals surface area contributed by atoms with Gasteiger partial charge in [-0.05, 0) is 24.6 Å². The minimum atomic E-state index is -4.13. The van der Waals surface area contributed by atoms with E-state index in [9.17, 15) is 23.3 Å². The fourth-order valence-electron chi connectivity index (χ4n) is 2.45. The van der Waals surface area contributed by atoms with Gasteiger partial charge in [-0.15, -0.1) is 0 Å². The van der Waals surface area contributed by atoms with Crippen molar-refractivity contribution in [1.82, 2.24) is 5.32 Å². The van der Waals surface area contributed by atoms with Crippen LogP contribution in [0.2, 0.25) is 0 Å². The third kappa shape index (κ3) is 6.79. The summed E-state index contributed by atoms with van der Waals surface area (Å²) in [6.45, 7) is 1.75. The standard InChI is InChI=1S/C19H23N3O7S/c1-28-12-13-29-11-5-10-20-19(23)17-8-2-3-9-18(17)21-30(26,27)16-7-4-6-15(14-16)22(24)25/h2-4,6-9,14,21H,5,10-13H2,1H3,(H,20,23). The van der Waals surface area contributed by atoms with E-state index >= 15 is 0 Å². The van der Waals surface area contributed by atoms with E-state index in [2.05, 4.69) is 10.0 Å². The number of nitro groups is 1. The Morgan fingerprint density at radius 3 is 2.60 bits per heavy atom. The summed E-state index contributed by atoms with van der Waals surface area (Å²) < 4.78 is 37.8. The number of amides is 1. The van der Waals surface area contributed by atoms with Gasteiger partial charge in [0.25, 0.3) is 21.6 Å². The first-order valence-corrected chi connectivity index (χ1v) is 10.5. The average Bonchev–Trinajstić information content (AvgIpc) is 2.73. The molecule has 0 unspecified atom stereocenters. The predicted octanol–water partition coefficient (Wildman–Crippen LogP) is 2.18. The van der Waals surface area contributed by atoms with E-state index in [1.165, 1.54) is 30.3 Å². The Labute approximate surface area is 174 Å². The van der Waals surface area contributed by atoms with Crippen LogP contribution in [0.25, 0.3) is 0 Å². The molecule has 0 aliphatic heterocycles. The van der Waals surface area contributed by atoms with Crippen LogP contribution in [-0.2, 0) is 19.5 Å². The maximum Gasteiger partial charge on any atom is 0.270 e. The molecule has 10 nitrogen and oxygen atoms in total. The van der Waals surface area contributed by atoms with Crippen LogP contribution < -0.4 is 10.0 Å². The number of nitrogens with zero attached hydrogens (tertiary/aromatic N) is 1. The number of hydrogen-bond acceptors (Lipinski definition) is 7. The van der Waals surface area contributed by atoms with Crippen molar-refractivity contribution in [1.29, 1.82) is 0 Å². The minimum absolute atomic E-state index is 0.0675. The number of rotatable bonds is 12. The first kappa shape index (κ1) is 23.3. The normalized spacial score (nSPS) is 11.1. The summed E-state index contributed by atoms with van der Waals surface area (Å²) in [7, 11) is -2.55. The van der Waals surface area contributed by atoms with Gasteiger partial charge in [0.2, 0.25) is 0 Å². The smallest absolute Gasteiger partial charge is 0.270 e. The first-order valence-electron chi connectivity index (χ1n) is 9.06. The van der Waals surface area contributed by atoms with Crippen molar-refractivity contribution < 1.29 is 27.6 Å². The molecule has 0 bridgehead atoms. The molecule has 11 heteroatoms. The van der Waals surface area contributed by atoms with E-state index in [1.54, 1.807) is 19.2 Å². The van der Waals surface area contributed by atoms with Crippen LogP contribution in [0.4, 0.5) is 11.4 Å². The van der Waals surface area contributed by atoms with Crippen LogP contribution in [0, 0.1) is 10.1 Å². The van der Waals surface area contributed by atoms with Crippen molar-refractivity contribution in [3.8, 4) is 0 Å². The molecule has 0 aliphatic rings. The monoisotopic (exact) mass is 437 g/mol. The highest BCUT2D eigenvalue weighted by molar-refractivity contribution is 7.92. The van der Waals surface area contributed by atoms with Crippen LogP contribution in [-0.4, -0.2) is 52.7 Å². The summed E-state index contributed by atoms with van der Waals surface area (Å²) in [4.78, 5) is 22.4. The summed E-state index contributed by atoms with van der Waals surface area (Å²) in [6.07, 6.45) is 0.580. The number of para-hydroxylation sites is 1. The second kappa shape index (κ2) is 11.2. The summed E-state index contributed by atoms with van der Waals surface area (Å²) in [6, 6.07) is 10.8. The fraction of sp³-hybridized carbons (Fsp3) is 0.316. The van der Waals surface area contributed by atoms with E-state index in [0.29, 0.717) is 32.8 Å². The Morgan fingerprint density at radius 2 is 1.87 bits per heavy atom. The van der Waals surface area contributed by atoms with Gasteiger partial charge in [-0.1, -0.05) is 18.2 Å². The Hall–Kier alpha value is -3.02. The number of hydrogen-bond donors (Lipinski definition) is 2. The molecule has 0 radical (unpaired) electrons. The van der Waals surface area contributed by atoms with E-state index in [1.807, 2.05) is 0 Å². The van der Waals surface area contributed by atoms with Gasteiger partial charge in [0.15, 0.2) is 0 Å². The highest BCUT2D eigenvalue weighted by Crippen LogP contribution is 2.22. The lowest BCUT2D eigenvalue weighted by Gasteiger charge is -2.13. The van der Waals surface area contributed by atoms with Gasteiger partial charge in [0.05, 0.1) is 34.3 Å². The lowest BCUT2D eigenvalue weighted by atomic mass is 10.1. The van der Waals surface area contributed by atoms with Crippen LogP contribution in [0.15, 0.2) is 53.4 Å². The zero-order valence-corrected chi connectivity index (χ0v) is 17.2. The second-order valence-electron chi connectivity index (χ2n) is 6.12. The van der Waals surface area contributed by atoms with Crippen molar-refractivity contribution in [2.75, 3.05) is 38.2 Å². The van der Waals surface area contributed by atoms with Crippen LogP contribution >= 0.6 is 0 Å². The maximum atomic E-state index is 12.6. The Morgan fingerprint density at radius 1 is 1.10 bits per heavy atom. The van der Waals surface area contributed by atoms with Crippen LogP contribution in [0.5, 0.6) is 0 Å². The number of benzene rings is 2. The molecule has 2 aromatic rings. The maximum absolute atomic E-state index is 12.6. The summed E-state index contributed by atoms with van der Waals surface area (Å²) in [5, 5.41) is 13.6. The predicted molar refractivity (Wildman–Crippen MR) is 110 cm³/mol. The number of anilines is 1. The molecular formula is C19H23N3O7S. The van der Waals surface area contributed by atoms with Gasteiger partial charge in [-0.25, -0.2) is 8.42 Å². The van der Waals surface area contributed by atoms with Crippen molar-refractivity contribution in [2.45, 2.75) is 11.3 Å². The molecule has 2 aromatic carbocycles. The number of carbonyl (C=O) groups is 1. The second-order valence-corrected chi connectivity index (χ2v) is 7.80.